The molecule has 1 unspecified atom stereocenters. The highest BCUT2D eigenvalue weighted by Gasteiger charge is 2.32. The molecule has 1 atom stereocenters. The molecule has 0 aliphatic carbocycles. The summed E-state index contributed by atoms with van der Waals surface area (Å²) in [6.07, 6.45) is 0.567. The van der Waals surface area contributed by atoms with Gasteiger partial charge in [-0.15, -0.1) is 0 Å². The minimum Gasteiger partial charge on any atom is -0.472 e. The molecule has 0 N–H and O–H groups in total. The number of aromatic nitrogens is 3. The van der Waals surface area contributed by atoms with Crippen LogP contribution in [0.25, 0.3) is 11.4 Å². The molecule has 1 saturated heterocycles. The minimum atomic E-state index is -4.46. The minimum absolute atomic E-state index is 0.149. The lowest BCUT2D eigenvalue weighted by Crippen LogP contribution is -2.44. The molecule has 1 amide bonds. The van der Waals surface area contributed by atoms with Crippen LogP contribution in [-0.2, 0) is 6.18 Å². The van der Waals surface area contributed by atoms with Crippen LogP contribution in [-0.4, -0.2) is 45.0 Å². The van der Waals surface area contributed by atoms with E-state index in [-0.39, 0.29) is 17.9 Å². The molecule has 32 heavy (non-hydrogen) atoms. The number of amides is 1. The molecule has 0 radical (unpaired) electrons. The molecular formula is C23H21F3N4O2. The van der Waals surface area contributed by atoms with Gasteiger partial charge in [0.25, 0.3) is 5.91 Å². The molecule has 9 heteroatoms. The number of piperidine rings is 1. The van der Waals surface area contributed by atoms with Gasteiger partial charge in [-0.3, -0.25) is 4.79 Å². The van der Waals surface area contributed by atoms with E-state index in [1.807, 2.05) is 6.07 Å². The zero-order valence-electron chi connectivity index (χ0n) is 17.3. The Morgan fingerprint density at radius 2 is 1.88 bits per heavy atom. The number of benzene rings is 1. The van der Waals surface area contributed by atoms with E-state index >= 15 is 0 Å². The van der Waals surface area contributed by atoms with Crippen LogP contribution in [0, 0.1) is 6.92 Å². The number of ether oxygens (including phenoxy) is 1. The number of carbonyl (C=O) groups is 1. The average molecular weight is 442 g/mol. The summed E-state index contributed by atoms with van der Waals surface area (Å²) in [4.78, 5) is 27.3. The molecule has 2 aromatic heterocycles. The van der Waals surface area contributed by atoms with Crippen molar-refractivity contribution in [3.05, 3.63) is 71.7 Å². The molecule has 1 aliphatic heterocycles. The number of likely N-dealkylation sites (tertiary alicyclic amines) is 1. The van der Waals surface area contributed by atoms with Gasteiger partial charge in [0.05, 0.1) is 17.7 Å². The SMILES string of the molecule is Cc1cc(C(F)(F)F)cnc1OC1CCCN(C(=O)c2ccccc2-c2ncccn2)C1. The summed E-state index contributed by atoms with van der Waals surface area (Å²) in [6, 6.07) is 9.87. The molecule has 0 spiro atoms. The highest BCUT2D eigenvalue weighted by Crippen LogP contribution is 2.31. The standard InChI is InChI=1S/C23H21F3N4O2/c1-15-12-16(23(24,25)26)13-29-21(15)32-17-6-4-11-30(14-17)22(31)19-8-3-2-7-18(19)20-27-9-5-10-28-20/h2-3,5,7-10,12-13,17H,4,6,11,14H2,1H3. The maximum absolute atomic E-state index is 13.3. The van der Waals surface area contributed by atoms with Crippen LogP contribution in [0.1, 0.15) is 34.3 Å². The van der Waals surface area contributed by atoms with Gasteiger partial charge in [0.15, 0.2) is 5.82 Å². The van der Waals surface area contributed by atoms with Crippen LogP contribution in [0.4, 0.5) is 13.2 Å². The zero-order chi connectivity index (χ0) is 22.7. The van der Waals surface area contributed by atoms with Gasteiger partial charge in [-0.2, -0.15) is 13.2 Å². The van der Waals surface area contributed by atoms with Gasteiger partial charge >= 0.3 is 6.18 Å². The van der Waals surface area contributed by atoms with E-state index in [0.717, 1.165) is 12.3 Å². The Bertz CT molecular complexity index is 1110. The highest BCUT2D eigenvalue weighted by atomic mass is 19.4. The molecule has 1 fully saturated rings. The van der Waals surface area contributed by atoms with Crippen molar-refractivity contribution in [2.24, 2.45) is 0 Å². The fourth-order valence-corrected chi connectivity index (χ4v) is 3.69. The summed E-state index contributed by atoms with van der Waals surface area (Å²) in [5.41, 5.74) is 0.613. The van der Waals surface area contributed by atoms with Crippen molar-refractivity contribution >= 4 is 5.91 Å². The normalized spacial score (nSPS) is 16.6. The van der Waals surface area contributed by atoms with Gasteiger partial charge in [-0.05, 0) is 38.0 Å². The summed E-state index contributed by atoms with van der Waals surface area (Å²) in [6.45, 7) is 2.40. The molecule has 4 rings (SSSR count). The molecule has 6 nitrogen and oxygen atoms in total. The fourth-order valence-electron chi connectivity index (χ4n) is 3.69. The van der Waals surface area contributed by atoms with Gasteiger partial charge < -0.3 is 9.64 Å². The third-order valence-corrected chi connectivity index (χ3v) is 5.27. The average Bonchev–Trinajstić information content (AvgIpc) is 2.80. The van der Waals surface area contributed by atoms with Crippen molar-refractivity contribution in [2.75, 3.05) is 13.1 Å². The van der Waals surface area contributed by atoms with Gasteiger partial charge in [0.1, 0.15) is 6.10 Å². The molecule has 166 valence electrons. The van der Waals surface area contributed by atoms with Crippen molar-refractivity contribution in [1.29, 1.82) is 0 Å². The summed E-state index contributed by atoms with van der Waals surface area (Å²) >= 11 is 0. The third-order valence-electron chi connectivity index (χ3n) is 5.27. The predicted octanol–water partition coefficient (Wildman–Crippen LogP) is 4.55. The monoisotopic (exact) mass is 442 g/mol. The summed E-state index contributed by atoms with van der Waals surface area (Å²) in [5.74, 6) is 0.444. The Morgan fingerprint density at radius 1 is 1.12 bits per heavy atom. The number of pyridine rings is 1. The first-order chi connectivity index (χ1) is 15.3. The first-order valence-corrected chi connectivity index (χ1v) is 10.2. The van der Waals surface area contributed by atoms with E-state index in [0.29, 0.717) is 48.4 Å². The van der Waals surface area contributed by atoms with Crippen molar-refractivity contribution in [3.8, 4) is 17.3 Å². The Labute approximate surface area is 183 Å². The summed E-state index contributed by atoms with van der Waals surface area (Å²) < 4.78 is 44.5. The summed E-state index contributed by atoms with van der Waals surface area (Å²) in [5, 5.41) is 0. The number of alkyl halides is 3. The number of halogens is 3. The largest absolute Gasteiger partial charge is 0.472 e. The van der Waals surface area contributed by atoms with Crippen LogP contribution in [0.3, 0.4) is 0 Å². The highest BCUT2D eigenvalue weighted by molar-refractivity contribution is 6.00. The van der Waals surface area contributed by atoms with Gasteiger partial charge in [-0.25, -0.2) is 15.0 Å². The number of rotatable bonds is 4. The summed E-state index contributed by atoms with van der Waals surface area (Å²) in [7, 11) is 0. The molecule has 0 saturated carbocycles. The molecule has 0 bridgehead atoms. The van der Waals surface area contributed by atoms with E-state index in [1.54, 1.807) is 41.6 Å². The molecule has 3 aromatic rings. The van der Waals surface area contributed by atoms with Crippen molar-refractivity contribution in [1.82, 2.24) is 19.9 Å². The number of nitrogens with zero attached hydrogens (tertiary/aromatic N) is 4. The second-order valence-electron chi connectivity index (χ2n) is 7.60. The van der Waals surface area contributed by atoms with Crippen LogP contribution in [0.2, 0.25) is 0 Å². The van der Waals surface area contributed by atoms with Gasteiger partial charge in [-0.1, -0.05) is 18.2 Å². The fraction of sp³-hybridized carbons (Fsp3) is 0.304. The van der Waals surface area contributed by atoms with Crippen LogP contribution >= 0.6 is 0 Å². The van der Waals surface area contributed by atoms with E-state index in [4.69, 9.17) is 4.74 Å². The first kappa shape index (κ1) is 21.7. The zero-order valence-corrected chi connectivity index (χ0v) is 17.3. The van der Waals surface area contributed by atoms with Gasteiger partial charge in [0.2, 0.25) is 5.88 Å². The Balaban J connectivity index is 1.50. The van der Waals surface area contributed by atoms with Crippen molar-refractivity contribution < 1.29 is 22.7 Å². The lowest BCUT2D eigenvalue weighted by atomic mass is 10.0. The van der Waals surface area contributed by atoms with Crippen molar-refractivity contribution in [3.63, 3.8) is 0 Å². The van der Waals surface area contributed by atoms with Gasteiger partial charge in [0, 0.05) is 36.3 Å². The van der Waals surface area contributed by atoms with Crippen LogP contribution in [0.5, 0.6) is 5.88 Å². The number of hydrogen-bond donors (Lipinski definition) is 0. The molecule has 1 aliphatic rings. The van der Waals surface area contributed by atoms with E-state index in [1.165, 1.54) is 6.92 Å². The van der Waals surface area contributed by atoms with E-state index < -0.39 is 11.7 Å². The first-order valence-electron chi connectivity index (χ1n) is 10.2. The maximum Gasteiger partial charge on any atom is 0.417 e. The quantitative estimate of drug-likeness (QED) is 0.593. The van der Waals surface area contributed by atoms with Crippen LogP contribution in [0.15, 0.2) is 55.0 Å². The molecular weight excluding hydrogens is 421 g/mol. The van der Waals surface area contributed by atoms with E-state index in [2.05, 4.69) is 15.0 Å². The molecule has 1 aromatic carbocycles. The second kappa shape index (κ2) is 8.94. The Morgan fingerprint density at radius 3 is 2.59 bits per heavy atom. The maximum atomic E-state index is 13.3. The predicted molar refractivity (Wildman–Crippen MR) is 111 cm³/mol. The van der Waals surface area contributed by atoms with Crippen LogP contribution < -0.4 is 4.74 Å². The number of aryl methyl sites for hydroxylation is 1. The number of hydrogen-bond acceptors (Lipinski definition) is 5. The van der Waals surface area contributed by atoms with E-state index in [9.17, 15) is 18.0 Å². The third kappa shape index (κ3) is 4.71. The number of carbonyl (C=O) groups excluding carboxylic acids is 1. The Hall–Kier alpha value is -3.49. The van der Waals surface area contributed by atoms with Crippen molar-refractivity contribution in [2.45, 2.75) is 32.0 Å². The Kier molecular flexibility index (Phi) is 6.07. The topological polar surface area (TPSA) is 68.2 Å². The second-order valence-corrected chi connectivity index (χ2v) is 7.60. The lowest BCUT2D eigenvalue weighted by Gasteiger charge is -2.33. The smallest absolute Gasteiger partial charge is 0.417 e. The molecule has 3 heterocycles. The lowest BCUT2D eigenvalue weighted by molar-refractivity contribution is -0.137.